The Morgan fingerprint density at radius 2 is 2.13 bits per heavy atom. The topological polar surface area (TPSA) is 24.9 Å². The number of aromatic nitrogens is 1. The molecule has 0 fully saturated rings. The molecule has 3 heteroatoms. The molecule has 0 radical (unpaired) electrons. The Hall–Kier alpha value is -0.760. The first-order chi connectivity index (χ1) is 7.03. The van der Waals surface area contributed by atoms with Crippen LogP contribution in [0.3, 0.4) is 0 Å². The largest absolute Gasteiger partial charge is 0.370 e. The van der Waals surface area contributed by atoms with Crippen LogP contribution in [0.4, 0.5) is 5.82 Å². The summed E-state index contributed by atoms with van der Waals surface area (Å²) in [5, 5.41) is 3.33. The fraction of sp³-hybridized carbons (Fsp3) is 0.583. The lowest BCUT2D eigenvalue weighted by Gasteiger charge is -2.24. The van der Waals surface area contributed by atoms with Crippen molar-refractivity contribution in [2.75, 3.05) is 17.7 Å². The van der Waals surface area contributed by atoms with Crippen LogP contribution in [0.5, 0.6) is 0 Å². The molecule has 1 rings (SSSR count). The van der Waals surface area contributed by atoms with Crippen molar-refractivity contribution in [3.05, 3.63) is 23.9 Å². The van der Waals surface area contributed by atoms with Crippen molar-refractivity contribution in [2.24, 2.45) is 5.41 Å². The zero-order valence-corrected chi connectivity index (χ0v) is 10.4. The standard InChI is InChI=1S/C12H19ClN2/c1-10-4-5-11(14-8-10)15-9-12(2,3)6-7-13/h4-5,8H,6-7,9H2,1-3H3,(H,14,15). The van der Waals surface area contributed by atoms with E-state index in [0.717, 1.165) is 18.8 Å². The summed E-state index contributed by atoms with van der Waals surface area (Å²) >= 11 is 5.75. The van der Waals surface area contributed by atoms with Crippen molar-refractivity contribution in [2.45, 2.75) is 27.2 Å². The molecule has 0 aliphatic rings. The number of halogens is 1. The summed E-state index contributed by atoms with van der Waals surface area (Å²) in [6.45, 7) is 7.34. The quantitative estimate of drug-likeness (QED) is 0.778. The van der Waals surface area contributed by atoms with E-state index in [9.17, 15) is 0 Å². The average Bonchev–Trinajstić information content (AvgIpc) is 2.17. The van der Waals surface area contributed by atoms with Crippen LogP contribution in [-0.2, 0) is 0 Å². The highest BCUT2D eigenvalue weighted by atomic mass is 35.5. The van der Waals surface area contributed by atoms with E-state index in [0.29, 0.717) is 5.88 Å². The van der Waals surface area contributed by atoms with E-state index in [1.165, 1.54) is 5.56 Å². The Balaban J connectivity index is 2.46. The molecule has 0 aromatic carbocycles. The fourth-order valence-corrected chi connectivity index (χ4v) is 1.76. The molecule has 0 atom stereocenters. The first-order valence-electron chi connectivity index (χ1n) is 5.26. The maximum atomic E-state index is 5.75. The van der Waals surface area contributed by atoms with E-state index in [-0.39, 0.29) is 5.41 Å². The smallest absolute Gasteiger partial charge is 0.125 e. The van der Waals surface area contributed by atoms with E-state index >= 15 is 0 Å². The molecule has 0 aliphatic carbocycles. The third kappa shape index (κ3) is 4.52. The highest BCUT2D eigenvalue weighted by Gasteiger charge is 2.16. The third-order valence-corrected chi connectivity index (χ3v) is 2.62. The predicted octanol–water partition coefficient (Wildman–Crippen LogP) is 3.46. The number of aryl methyl sites for hydroxylation is 1. The van der Waals surface area contributed by atoms with E-state index in [4.69, 9.17) is 11.6 Å². The van der Waals surface area contributed by atoms with Crippen molar-refractivity contribution in [1.29, 1.82) is 0 Å². The number of pyridine rings is 1. The zero-order valence-electron chi connectivity index (χ0n) is 9.68. The van der Waals surface area contributed by atoms with Gasteiger partial charge in [-0.25, -0.2) is 4.98 Å². The molecule has 0 amide bonds. The van der Waals surface area contributed by atoms with Crippen LogP contribution in [0, 0.1) is 12.3 Å². The Morgan fingerprint density at radius 1 is 1.40 bits per heavy atom. The Kier molecular flexibility index (Phi) is 4.40. The minimum absolute atomic E-state index is 0.217. The zero-order chi connectivity index (χ0) is 11.3. The van der Waals surface area contributed by atoms with Gasteiger partial charge in [0.1, 0.15) is 5.82 Å². The van der Waals surface area contributed by atoms with Gasteiger partial charge in [-0.3, -0.25) is 0 Å². The van der Waals surface area contributed by atoms with Gasteiger partial charge in [0.05, 0.1) is 0 Å². The second-order valence-electron chi connectivity index (χ2n) is 4.68. The molecule has 0 aliphatic heterocycles. The van der Waals surface area contributed by atoms with Gasteiger partial charge in [-0.2, -0.15) is 0 Å². The van der Waals surface area contributed by atoms with Crippen molar-refractivity contribution in [3.63, 3.8) is 0 Å². The second kappa shape index (κ2) is 5.36. The summed E-state index contributed by atoms with van der Waals surface area (Å²) in [4.78, 5) is 4.30. The van der Waals surface area contributed by atoms with Crippen LogP contribution in [0.2, 0.25) is 0 Å². The van der Waals surface area contributed by atoms with Gasteiger partial charge >= 0.3 is 0 Å². The SMILES string of the molecule is Cc1ccc(NCC(C)(C)CCCl)nc1. The lowest BCUT2D eigenvalue weighted by Crippen LogP contribution is -2.23. The van der Waals surface area contributed by atoms with Gasteiger partial charge in [0.25, 0.3) is 0 Å². The average molecular weight is 227 g/mol. The summed E-state index contributed by atoms with van der Waals surface area (Å²) < 4.78 is 0. The minimum atomic E-state index is 0.217. The number of alkyl halides is 1. The number of nitrogens with zero attached hydrogens (tertiary/aromatic N) is 1. The van der Waals surface area contributed by atoms with Crippen molar-refractivity contribution < 1.29 is 0 Å². The van der Waals surface area contributed by atoms with Crippen molar-refractivity contribution in [1.82, 2.24) is 4.98 Å². The predicted molar refractivity (Wildman–Crippen MR) is 66.6 cm³/mol. The number of rotatable bonds is 5. The second-order valence-corrected chi connectivity index (χ2v) is 5.06. The van der Waals surface area contributed by atoms with E-state index in [1.54, 1.807) is 0 Å². The molecule has 84 valence electrons. The lowest BCUT2D eigenvalue weighted by molar-refractivity contribution is 0.379. The van der Waals surface area contributed by atoms with Gasteiger partial charge in [-0.05, 0) is 30.4 Å². The number of hydrogen-bond acceptors (Lipinski definition) is 2. The summed E-state index contributed by atoms with van der Waals surface area (Å²) in [5.74, 6) is 1.64. The molecular formula is C12H19ClN2. The molecule has 2 nitrogen and oxygen atoms in total. The monoisotopic (exact) mass is 226 g/mol. The summed E-state index contributed by atoms with van der Waals surface area (Å²) in [6, 6.07) is 4.07. The first kappa shape index (κ1) is 12.3. The van der Waals surface area contributed by atoms with Gasteiger partial charge in [0.15, 0.2) is 0 Å². The van der Waals surface area contributed by atoms with E-state index < -0.39 is 0 Å². The third-order valence-electron chi connectivity index (χ3n) is 2.43. The maximum absolute atomic E-state index is 5.75. The summed E-state index contributed by atoms with van der Waals surface area (Å²) in [6.07, 6.45) is 2.88. The molecule has 0 bridgehead atoms. The number of nitrogens with one attached hydrogen (secondary N) is 1. The molecule has 1 N–H and O–H groups in total. The molecule has 1 aromatic rings. The van der Waals surface area contributed by atoms with Crippen molar-refractivity contribution >= 4 is 17.4 Å². The van der Waals surface area contributed by atoms with Crippen LogP contribution in [0.1, 0.15) is 25.8 Å². The Morgan fingerprint density at radius 3 is 2.67 bits per heavy atom. The van der Waals surface area contributed by atoms with Crippen LogP contribution < -0.4 is 5.32 Å². The summed E-state index contributed by atoms with van der Waals surface area (Å²) in [5.41, 5.74) is 1.40. The van der Waals surface area contributed by atoms with Crippen molar-refractivity contribution in [3.8, 4) is 0 Å². The Bertz CT molecular complexity index is 293. The number of hydrogen-bond donors (Lipinski definition) is 1. The molecular weight excluding hydrogens is 208 g/mol. The van der Waals surface area contributed by atoms with E-state index in [1.807, 2.05) is 19.2 Å². The highest BCUT2D eigenvalue weighted by Crippen LogP contribution is 2.21. The van der Waals surface area contributed by atoms with Crippen LogP contribution in [0.15, 0.2) is 18.3 Å². The molecule has 0 unspecified atom stereocenters. The van der Waals surface area contributed by atoms with Gasteiger partial charge < -0.3 is 5.32 Å². The molecule has 1 aromatic heterocycles. The van der Waals surface area contributed by atoms with Gasteiger partial charge in [0, 0.05) is 18.6 Å². The van der Waals surface area contributed by atoms with Crippen LogP contribution >= 0.6 is 11.6 Å². The van der Waals surface area contributed by atoms with Crippen LogP contribution in [0.25, 0.3) is 0 Å². The summed E-state index contributed by atoms with van der Waals surface area (Å²) in [7, 11) is 0. The normalized spacial score (nSPS) is 11.5. The lowest BCUT2D eigenvalue weighted by atomic mass is 9.90. The molecule has 0 saturated carbocycles. The van der Waals surface area contributed by atoms with Gasteiger partial charge in [-0.1, -0.05) is 19.9 Å². The van der Waals surface area contributed by atoms with E-state index in [2.05, 4.69) is 30.2 Å². The molecule has 0 spiro atoms. The van der Waals surface area contributed by atoms with Crippen LogP contribution in [-0.4, -0.2) is 17.4 Å². The molecule has 0 saturated heterocycles. The number of anilines is 1. The maximum Gasteiger partial charge on any atom is 0.125 e. The first-order valence-corrected chi connectivity index (χ1v) is 5.79. The molecule has 15 heavy (non-hydrogen) atoms. The molecule has 1 heterocycles. The fourth-order valence-electron chi connectivity index (χ4n) is 1.25. The van der Waals surface area contributed by atoms with Gasteiger partial charge in [-0.15, -0.1) is 11.6 Å². The minimum Gasteiger partial charge on any atom is -0.370 e. The van der Waals surface area contributed by atoms with Gasteiger partial charge in [0.2, 0.25) is 0 Å². The Labute approximate surface area is 97.1 Å². The highest BCUT2D eigenvalue weighted by molar-refractivity contribution is 6.17.